The van der Waals surface area contributed by atoms with Gasteiger partial charge in [0.25, 0.3) is 0 Å². The third kappa shape index (κ3) is 4.10. The zero-order valence-corrected chi connectivity index (χ0v) is 17.0. The Morgan fingerprint density at radius 2 is 1.73 bits per heavy atom. The second-order valence-electron chi connectivity index (χ2n) is 7.88. The molecule has 0 bridgehead atoms. The molecule has 4 rings (SSSR count). The first-order valence-electron chi connectivity index (χ1n) is 10.4. The molecule has 3 atom stereocenters. The van der Waals surface area contributed by atoms with Crippen molar-refractivity contribution in [2.75, 3.05) is 6.61 Å². The van der Waals surface area contributed by atoms with E-state index in [0.29, 0.717) is 30.8 Å². The van der Waals surface area contributed by atoms with Crippen molar-refractivity contribution in [3.8, 4) is 16.9 Å². The Hall–Kier alpha value is -3.11. The summed E-state index contributed by atoms with van der Waals surface area (Å²) in [5.74, 6) is -0.856. The number of aliphatic hydroxyl groups is 1. The maximum atomic E-state index is 11.4. The number of fused-ring (bicyclic) bond motifs is 1. The number of aliphatic hydroxyl groups excluding tert-OH is 1. The molecule has 30 heavy (non-hydrogen) atoms. The molecule has 0 fully saturated rings. The molecule has 3 unspecified atom stereocenters. The summed E-state index contributed by atoms with van der Waals surface area (Å²) in [7, 11) is 0. The predicted octanol–water partition coefficient (Wildman–Crippen LogP) is 5.22. The van der Waals surface area contributed by atoms with Crippen LogP contribution in [0.5, 0.6) is 5.75 Å². The molecule has 0 radical (unpaired) electrons. The van der Waals surface area contributed by atoms with Gasteiger partial charge >= 0.3 is 5.97 Å². The van der Waals surface area contributed by atoms with E-state index in [0.717, 1.165) is 11.1 Å². The smallest absolute Gasteiger partial charge is 0.310 e. The first kappa shape index (κ1) is 20.2. The van der Waals surface area contributed by atoms with Gasteiger partial charge < -0.3 is 14.9 Å². The molecule has 3 aromatic carbocycles. The maximum absolute atomic E-state index is 11.4. The minimum Gasteiger partial charge on any atom is -0.493 e. The van der Waals surface area contributed by atoms with E-state index in [4.69, 9.17) is 4.74 Å². The van der Waals surface area contributed by atoms with Gasteiger partial charge in [0.1, 0.15) is 5.75 Å². The molecule has 1 aliphatic rings. The fourth-order valence-corrected chi connectivity index (χ4v) is 4.17. The molecule has 4 heteroatoms. The number of aliphatic carboxylic acids is 1. The molecule has 0 amide bonds. The van der Waals surface area contributed by atoms with Crippen LogP contribution in [0, 0.1) is 5.92 Å². The number of benzene rings is 3. The Bertz CT molecular complexity index is 1010. The molecule has 0 saturated heterocycles. The monoisotopic (exact) mass is 402 g/mol. The van der Waals surface area contributed by atoms with Crippen LogP contribution < -0.4 is 4.74 Å². The van der Waals surface area contributed by atoms with E-state index in [9.17, 15) is 15.0 Å². The molecular weight excluding hydrogens is 376 g/mol. The Labute approximate surface area is 176 Å². The van der Waals surface area contributed by atoms with Gasteiger partial charge in [0.15, 0.2) is 0 Å². The lowest BCUT2D eigenvalue weighted by atomic mass is 9.86. The summed E-state index contributed by atoms with van der Waals surface area (Å²) in [6, 6.07) is 24.0. The zero-order chi connectivity index (χ0) is 21.1. The van der Waals surface area contributed by atoms with Gasteiger partial charge in [0, 0.05) is 11.5 Å². The number of carboxylic acid groups (broad SMARTS) is 1. The van der Waals surface area contributed by atoms with Crippen LogP contribution in [0.15, 0.2) is 72.8 Å². The minimum absolute atomic E-state index is 0.0487. The first-order valence-corrected chi connectivity index (χ1v) is 10.4. The van der Waals surface area contributed by atoms with Gasteiger partial charge in [-0.2, -0.15) is 0 Å². The van der Waals surface area contributed by atoms with E-state index in [-0.39, 0.29) is 5.92 Å². The minimum atomic E-state index is -0.842. The summed E-state index contributed by atoms with van der Waals surface area (Å²) in [6.07, 6.45) is 0.587. The quantitative estimate of drug-likeness (QED) is 0.593. The van der Waals surface area contributed by atoms with E-state index in [1.165, 1.54) is 11.1 Å². The fraction of sp³-hybridized carbons (Fsp3) is 0.269. The lowest BCUT2D eigenvalue weighted by Crippen LogP contribution is -2.28. The normalized spacial score (nSPS) is 18.9. The average molecular weight is 402 g/mol. The van der Waals surface area contributed by atoms with Gasteiger partial charge in [0.2, 0.25) is 0 Å². The highest BCUT2D eigenvalue weighted by Gasteiger charge is 2.30. The summed E-state index contributed by atoms with van der Waals surface area (Å²) in [4.78, 5) is 11.4. The standard InChI is InChI=1S/C26H26O4/c1-2-22(26(28)29)20-12-13-23-24(15-20)30-16-21(25(23)27)14-17-8-10-19(11-9-17)18-6-4-3-5-7-18/h3-13,15,21-22,25,27H,2,14,16H2,1H3,(H,28,29). The Morgan fingerprint density at radius 1 is 1.03 bits per heavy atom. The number of carbonyl (C=O) groups is 1. The van der Waals surface area contributed by atoms with E-state index in [1.54, 1.807) is 12.1 Å². The molecule has 2 N–H and O–H groups in total. The molecule has 4 nitrogen and oxygen atoms in total. The zero-order valence-electron chi connectivity index (χ0n) is 17.0. The van der Waals surface area contributed by atoms with E-state index in [2.05, 4.69) is 36.4 Å². The Balaban J connectivity index is 1.48. The second-order valence-corrected chi connectivity index (χ2v) is 7.88. The van der Waals surface area contributed by atoms with E-state index in [1.807, 2.05) is 31.2 Å². The third-order valence-electron chi connectivity index (χ3n) is 5.92. The highest BCUT2D eigenvalue weighted by Crippen LogP contribution is 2.39. The molecule has 1 heterocycles. The van der Waals surface area contributed by atoms with Crippen LogP contribution in [0.4, 0.5) is 0 Å². The summed E-state index contributed by atoms with van der Waals surface area (Å²) in [6.45, 7) is 2.26. The van der Waals surface area contributed by atoms with Gasteiger partial charge in [-0.15, -0.1) is 0 Å². The van der Waals surface area contributed by atoms with Crippen LogP contribution >= 0.6 is 0 Å². The van der Waals surface area contributed by atoms with Gasteiger partial charge in [-0.1, -0.05) is 73.7 Å². The molecule has 0 aliphatic carbocycles. The van der Waals surface area contributed by atoms with Crippen molar-refractivity contribution in [1.82, 2.24) is 0 Å². The summed E-state index contributed by atoms with van der Waals surface area (Å²) >= 11 is 0. The largest absolute Gasteiger partial charge is 0.493 e. The highest BCUT2D eigenvalue weighted by atomic mass is 16.5. The summed E-state index contributed by atoms with van der Waals surface area (Å²) < 4.78 is 5.93. The van der Waals surface area contributed by atoms with Gasteiger partial charge in [0.05, 0.1) is 18.6 Å². The van der Waals surface area contributed by atoms with Crippen molar-refractivity contribution in [1.29, 1.82) is 0 Å². The van der Waals surface area contributed by atoms with Crippen molar-refractivity contribution in [3.05, 3.63) is 89.5 Å². The fourth-order valence-electron chi connectivity index (χ4n) is 4.17. The lowest BCUT2D eigenvalue weighted by molar-refractivity contribution is -0.138. The van der Waals surface area contributed by atoms with Crippen LogP contribution in [0.25, 0.3) is 11.1 Å². The second kappa shape index (κ2) is 8.72. The molecule has 154 valence electrons. The van der Waals surface area contributed by atoms with Crippen molar-refractivity contribution in [2.45, 2.75) is 31.8 Å². The topological polar surface area (TPSA) is 66.8 Å². The highest BCUT2D eigenvalue weighted by molar-refractivity contribution is 5.76. The van der Waals surface area contributed by atoms with E-state index >= 15 is 0 Å². The molecular formula is C26H26O4. The summed E-state index contributed by atoms with van der Waals surface area (Å²) in [5, 5.41) is 20.3. The van der Waals surface area contributed by atoms with Crippen LogP contribution in [0.2, 0.25) is 0 Å². The van der Waals surface area contributed by atoms with Crippen LogP contribution in [-0.2, 0) is 11.2 Å². The number of ether oxygens (including phenoxy) is 1. The lowest BCUT2D eigenvalue weighted by Gasteiger charge is -2.31. The predicted molar refractivity (Wildman–Crippen MR) is 117 cm³/mol. The number of hydrogen-bond acceptors (Lipinski definition) is 3. The number of hydrogen-bond donors (Lipinski definition) is 2. The molecule has 0 spiro atoms. The third-order valence-corrected chi connectivity index (χ3v) is 5.92. The van der Waals surface area contributed by atoms with Crippen molar-refractivity contribution >= 4 is 5.97 Å². The Morgan fingerprint density at radius 3 is 2.40 bits per heavy atom. The van der Waals surface area contributed by atoms with Crippen molar-refractivity contribution in [3.63, 3.8) is 0 Å². The maximum Gasteiger partial charge on any atom is 0.310 e. The van der Waals surface area contributed by atoms with Crippen molar-refractivity contribution in [2.24, 2.45) is 5.92 Å². The van der Waals surface area contributed by atoms with Crippen molar-refractivity contribution < 1.29 is 19.7 Å². The Kier molecular flexibility index (Phi) is 5.86. The first-order chi connectivity index (χ1) is 14.6. The molecule has 0 aromatic heterocycles. The number of rotatable bonds is 6. The van der Waals surface area contributed by atoms with Gasteiger partial charge in [-0.05, 0) is 41.2 Å². The van der Waals surface area contributed by atoms with Gasteiger partial charge in [-0.3, -0.25) is 4.79 Å². The summed E-state index contributed by atoms with van der Waals surface area (Å²) in [5.41, 5.74) is 4.95. The average Bonchev–Trinajstić information content (AvgIpc) is 2.77. The molecule has 1 aliphatic heterocycles. The molecule has 3 aromatic rings. The van der Waals surface area contributed by atoms with Crippen LogP contribution in [0.3, 0.4) is 0 Å². The SMILES string of the molecule is CCC(C(=O)O)c1ccc2c(c1)OCC(Cc1ccc(-c3ccccc3)cc1)C2O. The van der Waals surface area contributed by atoms with Gasteiger partial charge in [-0.25, -0.2) is 0 Å². The van der Waals surface area contributed by atoms with Crippen LogP contribution in [0.1, 0.15) is 42.1 Å². The van der Waals surface area contributed by atoms with Crippen LogP contribution in [-0.4, -0.2) is 22.8 Å². The number of carboxylic acids is 1. The van der Waals surface area contributed by atoms with E-state index < -0.39 is 18.0 Å². The molecule has 0 saturated carbocycles.